The first kappa shape index (κ1) is 14.2. The molecule has 0 heterocycles. The largest absolute Gasteiger partial charge is 0.383 e. The van der Waals surface area contributed by atoms with Crippen LogP contribution in [0.3, 0.4) is 0 Å². The molecule has 94 valence electrons. The van der Waals surface area contributed by atoms with Gasteiger partial charge in [-0.3, -0.25) is 4.79 Å². The van der Waals surface area contributed by atoms with Crippen molar-refractivity contribution >= 4 is 21.8 Å². The van der Waals surface area contributed by atoms with Crippen molar-refractivity contribution in [3.63, 3.8) is 0 Å². The van der Waals surface area contributed by atoms with Gasteiger partial charge in [0.25, 0.3) is 0 Å². The molecule has 0 radical (unpaired) electrons. The number of ether oxygens (including phenoxy) is 1. The minimum atomic E-state index is -0.126. The van der Waals surface area contributed by atoms with Gasteiger partial charge in [-0.2, -0.15) is 0 Å². The summed E-state index contributed by atoms with van der Waals surface area (Å²) >= 11 is 3.43. The number of alkyl halides is 1. The molecule has 0 fully saturated rings. The topological polar surface area (TPSA) is 38.3 Å². The monoisotopic (exact) mass is 299 g/mol. The van der Waals surface area contributed by atoms with E-state index in [0.717, 1.165) is 5.56 Å². The van der Waals surface area contributed by atoms with Crippen LogP contribution in [0.15, 0.2) is 30.3 Å². The van der Waals surface area contributed by atoms with Gasteiger partial charge in [0.05, 0.1) is 17.4 Å². The van der Waals surface area contributed by atoms with E-state index in [0.29, 0.717) is 13.2 Å². The van der Waals surface area contributed by atoms with E-state index < -0.39 is 0 Å². The average molecular weight is 300 g/mol. The van der Waals surface area contributed by atoms with Crippen LogP contribution >= 0.6 is 15.9 Å². The van der Waals surface area contributed by atoms with Crippen LogP contribution in [0.4, 0.5) is 0 Å². The molecule has 0 aromatic heterocycles. The van der Waals surface area contributed by atoms with E-state index >= 15 is 0 Å². The predicted octanol–water partition coefficient (Wildman–Crippen LogP) is 2.32. The van der Waals surface area contributed by atoms with E-state index in [1.165, 1.54) is 0 Å². The Balaban J connectivity index is 2.43. The third kappa shape index (κ3) is 4.88. The van der Waals surface area contributed by atoms with Crippen molar-refractivity contribution in [1.82, 2.24) is 5.32 Å². The van der Waals surface area contributed by atoms with Crippen molar-refractivity contribution in [2.24, 2.45) is 0 Å². The number of carbonyl (C=O) groups is 1. The molecule has 3 nitrogen and oxygen atoms in total. The van der Waals surface area contributed by atoms with Crippen LogP contribution in [0.25, 0.3) is 0 Å². The highest BCUT2D eigenvalue weighted by Gasteiger charge is 2.15. The summed E-state index contributed by atoms with van der Waals surface area (Å²) in [5.74, 6) is -0.0878. The van der Waals surface area contributed by atoms with Crippen LogP contribution in [-0.4, -0.2) is 31.0 Å². The number of carbonyl (C=O) groups excluding carboxylic acids is 1. The molecule has 4 heteroatoms. The van der Waals surface area contributed by atoms with Crippen molar-refractivity contribution in [1.29, 1.82) is 0 Å². The van der Waals surface area contributed by atoms with Gasteiger partial charge in [0.2, 0.25) is 5.91 Å². The maximum absolute atomic E-state index is 11.9. The lowest BCUT2D eigenvalue weighted by atomic mass is 10.0. The quantitative estimate of drug-likeness (QED) is 0.819. The molecule has 0 aliphatic heterocycles. The number of hydrogen-bond donors (Lipinski definition) is 1. The van der Waals surface area contributed by atoms with Crippen LogP contribution in [0, 0.1) is 0 Å². The van der Waals surface area contributed by atoms with Crippen LogP contribution in [-0.2, 0) is 9.53 Å². The van der Waals surface area contributed by atoms with Gasteiger partial charge >= 0.3 is 0 Å². The molecule has 2 atom stereocenters. The summed E-state index contributed by atoms with van der Waals surface area (Å²) in [6.07, 6.45) is 0. The minimum Gasteiger partial charge on any atom is -0.383 e. The molecule has 0 bridgehead atoms. The van der Waals surface area contributed by atoms with Gasteiger partial charge in [-0.05, 0) is 12.5 Å². The maximum atomic E-state index is 11.9. The molecular formula is C13H18BrNO2. The Kier molecular flexibility index (Phi) is 6.22. The molecule has 0 saturated carbocycles. The van der Waals surface area contributed by atoms with Crippen molar-refractivity contribution < 1.29 is 9.53 Å². The van der Waals surface area contributed by atoms with Crippen molar-refractivity contribution in [2.45, 2.75) is 17.7 Å². The summed E-state index contributed by atoms with van der Waals surface area (Å²) < 4.78 is 4.98. The Bertz CT molecular complexity index is 343. The first-order valence-electron chi connectivity index (χ1n) is 5.60. The zero-order chi connectivity index (χ0) is 12.7. The highest BCUT2D eigenvalue weighted by molar-refractivity contribution is 9.09. The summed E-state index contributed by atoms with van der Waals surface area (Å²) in [6.45, 7) is 3.06. The molecule has 1 aromatic carbocycles. The third-order valence-electron chi connectivity index (χ3n) is 2.54. The van der Waals surface area contributed by atoms with E-state index in [9.17, 15) is 4.79 Å². The van der Waals surface area contributed by atoms with Gasteiger partial charge in [0.1, 0.15) is 0 Å². The zero-order valence-electron chi connectivity index (χ0n) is 10.2. The first-order valence-corrected chi connectivity index (χ1v) is 6.52. The molecule has 17 heavy (non-hydrogen) atoms. The summed E-state index contributed by atoms with van der Waals surface area (Å²) in [7, 11) is 1.64. The Morgan fingerprint density at radius 3 is 2.65 bits per heavy atom. The second-order valence-corrected chi connectivity index (χ2v) is 5.23. The van der Waals surface area contributed by atoms with Crippen LogP contribution in [0.1, 0.15) is 18.4 Å². The smallest absolute Gasteiger partial charge is 0.227 e. The van der Waals surface area contributed by atoms with Gasteiger partial charge < -0.3 is 10.1 Å². The number of hydrogen-bond acceptors (Lipinski definition) is 2. The SMILES string of the molecule is COCC(Br)CNC(=O)C(C)c1ccccc1. The van der Waals surface area contributed by atoms with Crippen LogP contribution in [0.5, 0.6) is 0 Å². The second-order valence-electron chi connectivity index (χ2n) is 3.93. The number of benzene rings is 1. The molecule has 1 aromatic rings. The number of amides is 1. The second kappa shape index (κ2) is 7.45. The fourth-order valence-electron chi connectivity index (χ4n) is 1.50. The molecule has 1 amide bonds. The molecule has 0 spiro atoms. The maximum Gasteiger partial charge on any atom is 0.227 e. The zero-order valence-corrected chi connectivity index (χ0v) is 11.7. The molecule has 1 N–H and O–H groups in total. The highest BCUT2D eigenvalue weighted by atomic mass is 79.9. The lowest BCUT2D eigenvalue weighted by Crippen LogP contribution is -2.34. The standard InChI is InChI=1S/C13H18BrNO2/c1-10(11-6-4-3-5-7-11)13(16)15-8-12(14)9-17-2/h3-7,10,12H,8-9H2,1-2H3,(H,15,16). The Morgan fingerprint density at radius 1 is 1.41 bits per heavy atom. The van der Waals surface area contributed by atoms with E-state index in [1.54, 1.807) is 7.11 Å². The van der Waals surface area contributed by atoms with E-state index in [4.69, 9.17) is 4.74 Å². The summed E-state index contributed by atoms with van der Waals surface area (Å²) in [5.41, 5.74) is 1.03. The normalized spacial score (nSPS) is 14.1. The fraction of sp³-hybridized carbons (Fsp3) is 0.462. The molecule has 2 unspecified atom stereocenters. The summed E-state index contributed by atoms with van der Waals surface area (Å²) in [6, 6.07) is 9.76. The molecule has 0 aliphatic carbocycles. The third-order valence-corrected chi connectivity index (χ3v) is 3.13. The Morgan fingerprint density at radius 2 is 2.06 bits per heavy atom. The summed E-state index contributed by atoms with van der Waals surface area (Å²) in [5, 5.41) is 2.90. The number of methoxy groups -OCH3 is 1. The van der Waals surface area contributed by atoms with E-state index in [-0.39, 0.29) is 16.7 Å². The van der Waals surface area contributed by atoms with Gasteiger partial charge in [0, 0.05) is 13.7 Å². The molecule has 0 aliphatic rings. The van der Waals surface area contributed by atoms with Crippen molar-refractivity contribution in [3.05, 3.63) is 35.9 Å². The van der Waals surface area contributed by atoms with Gasteiger partial charge in [-0.15, -0.1) is 0 Å². The average Bonchev–Trinajstić information content (AvgIpc) is 2.36. The molecule has 0 saturated heterocycles. The lowest BCUT2D eigenvalue weighted by molar-refractivity contribution is -0.122. The fourth-order valence-corrected chi connectivity index (χ4v) is 1.92. The predicted molar refractivity (Wildman–Crippen MR) is 72.5 cm³/mol. The van der Waals surface area contributed by atoms with Gasteiger partial charge in [-0.1, -0.05) is 46.3 Å². The number of nitrogens with one attached hydrogen (secondary N) is 1. The minimum absolute atomic E-state index is 0.0387. The number of halogens is 1. The van der Waals surface area contributed by atoms with Crippen molar-refractivity contribution in [3.8, 4) is 0 Å². The van der Waals surface area contributed by atoms with Crippen LogP contribution < -0.4 is 5.32 Å². The van der Waals surface area contributed by atoms with Gasteiger partial charge in [0.15, 0.2) is 0 Å². The first-order chi connectivity index (χ1) is 8.15. The van der Waals surface area contributed by atoms with Crippen molar-refractivity contribution in [2.75, 3.05) is 20.3 Å². The van der Waals surface area contributed by atoms with E-state index in [1.807, 2.05) is 37.3 Å². The van der Waals surface area contributed by atoms with Crippen LogP contribution in [0.2, 0.25) is 0 Å². The molecular weight excluding hydrogens is 282 g/mol. The number of rotatable bonds is 6. The Hall–Kier alpha value is -0.870. The summed E-state index contributed by atoms with van der Waals surface area (Å²) in [4.78, 5) is 12.0. The molecule has 1 rings (SSSR count). The highest BCUT2D eigenvalue weighted by Crippen LogP contribution is 2.14. The Labute approximate surface area is 111 Å². The van der Waals surface area contributed by atoms with Gasteiger partial charge in [-0.25, -0.2) is 0 Å². The van der Waals surface area contributed by atoms with E-state index in [2.05, 4.69) is 21.2 Å². The lowest BCUT2D eigenvalue weighted by Gasteiger charge is -2.14.